The molecule has 98 valence electrons. The van der Waals surface area contributed by atoms with Crippen LogP contribution in [0.15, 0.2) is 40.9 Å². The Hall–Kier alpha value is -2.14. The molecule has 5 nitrogen and oxygen atoms in total. The third kappa shape index (κ3) is 2.37. The van der Waals surface area contributed by atoms with Gasteiger partial charge in [0, 0.05) is 18.5 Å². The van der Waals surface area contributed by atoms with Crippen LogP contribution in [0.1, 0.15) is 25.3 Å². The molecule has 0 aliphatic carbocycles. The van der Waals surface area contributed by atoms with Gasteiger partial charge < -0.3 is 4.42 Å². The first-order chi connectivity index (χ1) is 9.24. The third-order valence-corrected chi connectivity index (χ3v) is 3.25. The van der Waals surface area contributed by atoms with Crippen molar-refractivity contribution in [1.82, 2.24) is 15.4 Å². The minimum Gasteiger partial charge on any atom is -0.439 e. The molecule has 1 aromatic carbocycles. The fourth-order valence-corrected chi connectivity index (χ4v) is 2.13. The molecule has 0 radical (unpaired) electrons. The van der Waals surface area contributed by atoms with Crippen molar-refractivity contribution in [3.63, 3.8) is 0 Å². The fourth-order valence-electron chi connectivity index (χ4n) is 2.13. The molecule has 1 atom stereocenters. The van der Waals surface area contributed by atoms with Gasteiger partial charge in [-0.05, 0) is 6.92 Å². The monoisotopic (exact) mass is 257 g/mol. The molecular formula is C14H15N3O2. The second-order valence-corrected chi connectivity index (χ2v) is 4.58. The number of aromatic nitrogens is 1. The number of oxazole rings is 1. The maximum absolute atomic E-state index is 11.2. The molecular weight excluding hydrogens is 242 g/mol. The van der Waals surface area contributed by atoms with Crippen LogP contribution >= 0.6 is 0 Å². The van der Waals surface area contributed by atoms with Crippen molar-refractivity contribution in [2.45, 2.75) is 19.4 Å². The summed E-state index contributed by atoms with van der Waals surface area (Å²) in [5, 5.41) is 1.85. The maximum Gasteiger partial charge on any atom is 0.235 e. The number of hydrogen-bond donors (Lipinski definition) is 1. The van der Waals surface area contributed by atoms with Crippen LogP contribution < -0.4 is 5.43 Å². The molecule has 2 aromatic rings. The standard InChI is InChI=1S/C14H15N3O2/c1-10(17-8-7-13(18)16-17)14-15-9-12(19-14)11-5-3-2-4-6-11/h2-6,9-10H,7-8H2,1H3,(H,16,18). The summed E-state index contributed by atoms with van der Waals surface area (Å²) in [4.78, 5) is 15.5. The van der Waals surface area contributed by atoms with Gasteiger partial charge in [0.1, 0.15) is 6.04 Å². The molecule has 1 aromatic heterocycles. The van der Waals surface area contributed by atoms with Crippen LogP contribution in [0.4, 0.5) is 0 Å². The lowest BCUT2D eigenvalue weighted by Crippen LogP contribution is -2.35. The lowest BCUT2D eigenvalue weighted by Gasteiger charge is -2.20. The zero-order valence-electron chi connectivity index (χ0n) is 10.7. The largest absolute Gasteiger partial charge is 0.439 e. The quantitative estimate of drug-likeness (QED) is 0.915. The summed E-state index contributed by atoms with van der Waals surface area (Å²) in [5.41, 5.74) is 3.79. The van der Waals surface area contributed by atoms with Gasteiger partial charge in [-0.2, -0.15) is 0 Å². The maximum atomic E-state index is 11.2. The summed E-state index contributed by atoms with van der Waals surface area (Å²) < 4.78 is 5.78. The van der Waals surface area contributed by atoms with Crippen molar-refractivity contribution in [2.75, 3.05) is 6.54 Å². The molecule has 1 unspecified atom stereocenters. The van der Waals surface area contributed by atoms with Crippen LogP contribution in [-0.2, 0) is 4.79 Å². The van der Waals surface area contributed by atoms with Gasteiger partial charge >= 0.3 is 0 Å². The minimum absolute atomic E-state index is 0.0432. The van der Waals surface area contributed by atoms with Gasteiger partial charge in [0.25, 0.3) is 0 Å². The molecule has 0 saturated carbocycles. The van der Waals surface area contributed by atoms with E-state index in [2.05, 4.69) is 10.4 Å². The third-order valence-electron chi connectivity index (χ3n) is 3.25. The first-order valence-corrected chi connectivity index (χ1v) is 6.31. The normalized spacial score (nSPS) is 17.4. The van der Waals surface area contributed by atoms with E-state index in [9.17, 15) is 4.79 Å². The Morgan fingerprint density at radius 3 is 2.84 bits per heavy atom. The number of rotatable bonds is 3. The van der Waals surface area contributed by atoms with Crippen LogP contribution in [0, 0.1) is 0 Å². The van der Waals surface area contributed by atoms with E-state index in [0.29, 0.717) is 18.9 Å². The molecule has 0 bridgehead atoms. The van der Waals surface area contributed by atoms with Gasteiger partial charge in [-0.1, -0.05) is 30.3 Å². The van der Waals surface area contributed by atoms with Crippen LogP contribution in [-0.4, -0.2) is 22.4 Å². The van der Waals surface area contributed by atoms with Crippen molar-refractivity contribution >= 4 is 5.91 Å². The van der Waals surface area contributed by atoms with Gasteiger partial charge in [0.2, 0.25) is 11.8 Å². The highest BCUT2D eigenvalue weighted by Crippen LogP contribution is 2.25. The second-order valence-electron chi connectivity index (χ2n) is 4.58. The Balaban J connectivity index is 1.80. The molecule has 1 saturated heterocycles. The zero-order valence-corrected chi connectivity index (χ0v) is 10.7. The number of hydrazine groups is 1. The number of hydrogen-bond acceptors (Lipinski definition) is 4. The number of benzene rings is 1. The average Bonchev–Trinajstić information content (AvgIpc) is 3.08. The predicted octanol–water partition coefficient (Wildman–Crippen LogP) is 2.14. The molecule has 2 heterocycles. The molecule has 1 aliphatic rings. The summed E-state index contributed by atoms with van der Waals surface area (Å²) in [6.07, 6.45) is 2.25. The highest BCUT2D eigenvalue weighted by atomic mass is 16.4. The van der Waals surface area contributed by atoms with Crippen molar-refractivity contribution < 1.29 is 9.21 Å². The van der Waals surface area contributed by atoms with Crippen LogP contribution in [0.3, 0.4) is 0 Å². The number of carbonyl (C=O) groups excluding carboxylic acids is 1. The summed E-state index contributed by atoms with van der Waals surface area (Å²) in [6.45, 7) is 2.65. The number of carbonyl (C=O) groups is 1. The zero-order chi connectivity index (χ0) is 13.2. The Kier molecular flexibility index (Phi) is 3.05. The van der Waals surface area contributed by atoms with Crippen molar-refractivity contribution in [1.29, 1.82) is 0 Å². The SMILES string of the molecule is CC(c1ncc(-c2ccccc2)o1)N1CCC(=O)N1. The Labute approximate surface area is 111 Å². The number of nitrogens with zero attached hydrogens (tertiary/aromatic N) is 2. The lowest BCUT2D eigenvalue weighted by atomic mass is 10.2. The Bertz CT molecular complexity index is 579. The Morgan fingerprint density at radius 1 is 1.37 bits per heavy atom. The molecule has 1 aliphatic heterocycles. The lowest BCUT2D eigenvalue weighted by molar-refractivity contribution is -0.121. The predicted molar refractivity (Wildman–Crippen MR) is 69.8 cm³/mol. The second kappa shape index (κ2) is 4.85. The molecule has 1 amide bonds. The first-order valence-electron chi connectivity index (χ1n) is 6.31. The van der Waals surface area contributed by atoms with Crippen LogP contribution in [0.25, 0.3) is 11.3 Å². The fraction of sp³-hybridized carbons (Fsp3) is 0.286. The van der Waals surface area contributed by atoms with E-state index in [1.54, 1.807) is 6.20 Å². The van der Waals surface area contributed by atoms with E-state index >= 15 is 0 Å². The molecule has 1 N–H and O–H groups in total. The van der Waals surface area contributed by atoms with E-state index < -0.39 is 0 Å². The highest BCUT2D eigenvalue weighted by molar-refractivity contribution is 5.77. The molecule has 3 rings (SSSR count). The van der Waals surface area contributed by atoms with Crippen LogP contribution in [0.2, 0.25) is 0 Å². The number of nitrogens with one attached hydrogen (secondary N) is 1. The van der Waals surface area contributed by atoms with Gasteiger partial charge in [0.05, 0.1) is 6.20 Å². The van der Waals surface area contributed by atoms with E-state index in [1.165, 1.54) is 0 Å². The smallest absolute Gasteiger partial charge is 0.235 e. The summed E-state index contributed by atoms with van der Waals surface area (Å²) in [7, 11) is 0. The van der Waals surface area contributed by atoms with E-state index in [4.69, 9.17) is 4.42 Å². The summed E-state index contributed by atoms with van der Waals surface area (Å²) in [6, 6.07) is 9.77. The summed E-state index contributed by atoms with van der Waals surface area (Å²) >= 11 is 0. The van der Waals surface area contributed by atoms with Crippen LogP contribution in [0.5, 0.6) is 0 Å². The molecule has 0 spiro atoms. The summed E-state index contributed by atoms with van der Waals surface area (Å²) in [5.74, 6) is 1.40. The van der Waals surface area contributed by atoms with Gasteiger partial charge in [-0.25, -0.2) is 9.99 Å². The number of amides is 1. The van der Waals surface area contributed by atoms with E-state index in [0.717, 1.165) is 11.3 Å². The van der Waals surface area contributed by atoms with Gasteiger partial charge in [-0.15, -0.1) is 0 Å². The van der Waals surface area contributed by atoms with E-state index in [1.807, 2.05) is 42.3 Å². The highest BCUT2D eigenvalue weighted by Gasteiger charge is 2.27. The Morgan fingerprint density at radius 2 is 2.16 bits per heavy atom. The van der Waals surface area contributed by atoms with Crippen molar-refractivity contribution in [3.05, 3.63) is 42.4 Å². The van der Waals surface area contributed by atoms with Gasteiger partial charge in [-0.3, -0.25) is 10.2 Å². The van der Waals surface area contributed by atoms with Gasteiger partial charge in [0.15, 0.2) is 5.76 Å². The minimum atomic E-state index is -0.0658. The van der Waals surface area contributed by atoms with E-state index in [-0.39, 0.29) is 11.9 Å². The molecule has 1 fully saturated rings. The van der Waals surface area contributed by atoms with Crippen molar-refractivity contribution in [2.24, 2.45) is 0 Å². The molecule has 5 heteroatoms. The topological polar surface area (TPSA) is 58.4 Å². The first kappa shape index (κ1) is 11.9. The van der Waals surface area contributed by atoms with Crippen molar-refractivity contribution in [3.8, 4) is 11.3 Å². The molecule has 19 heavy (non-hydrogen) atoms. The average molecular weight is 257 g/mol.